The normalized spacial score (nSPS) is 23.8. The minimum Gasteiger partial charge on any atom is -0.459 e. The van der Waals surface area contributed by atoms with Crippen LogP contribution < -0.4 is 10.2 Å². The zero-order valence-corrected chi connectivity index (χ0v) is 22.5. The first-order valence-electron chi connectivity index (χ1n) is 11.4. The Balaban J connectivity index is 1.94. The molecule has 1 N–H and O–H groups in total. The van der Waals surface area contributed by atoms with E-state index < -0.39 is 23.0 Å². The number of rotatable bonds is 4. The molecule has 0 aromatic heterocycles. The Morgan fingerprint density at radius 2 is 1.91 bits per heavy atom. The third-order valence-corrected chi connectivity index (χ3v) is 7.20. The first-order chi connectivity index (χ1) is 16.3. The van der Waals surface area contributed by atoms with Crippen LogP contribution in [-0.2, 0) is 19.7 Å². The first kappa shape index (κ1) is 25.7. The summed E-state index contributed by atoms with van der Waals surface area (Å²) >= 11 is 18.4. The number of nitrogens with zero attached hydrogens (tertiary/aromatic N) is 1. The molecule has 0 unspecified atom stereocenters. The van der Waals surface area contributed by atoms with Gasteiger partial charge < -0.3 is 10.1 Å². The Kier molecular flexibility index (Phi) is 6.77. The van der Waals surface area contributed by atoms with E-state index in [1.54, 1.807) is 39.0 Å². The van der Waals surface area contributed by atoms with Crippen molar-refractivity contribution in [3.05, 3.63) is 75.8 Å². The number of piperidine rings is 1. The van der Waals surface area contributed by atoms with Gasteiger partial charge in [-0.2, -0.15) is 0 Å². The van der Waals surface area contributed by atoms with Gasteiger partial charge in [-0.1, -0.05) is 65.8 Å². The van der Waals surface area contributed by atoms with Gasteiger partial charge >= 0.3 is 5.97 Å². The summed E-state index contributed by atoms with van der Waals surface area (Å²) in [5, 5.41) is 4.40. The Morgan fingerprint density at radius 1 is 1.23 bits per heavy atom. The zero-order chi connectivity index (χ0) is 25.7. The molecule has 2 heterocycles. The van der Waals surface area contributed by atoms with Crippen LogP contribution in [0.3, 0.4) is 0 Å². The van der Waals surface area contributed by atoms with E-state index in [9.17, 15) is 9.59 Å². The second-order valence-electron chi connectivity index (χ2n) is 10.2. The molecule has 4 rings (SSSR count). The summed E-state index contributed by atoms with van der Waals surface area (Å²) in [6.07, 6.45) is 0.438. The summed E-state index contributed by atoms with van der Waals surface area (Å²) in [4.78, 5) is 29.6. The number of hydrogen-bond donors (Lipinski definition) is 1. The first-order valence-corrected chi connectivity index (χ1v) is 12.5. The second kappa shape index (κ2) is 9.23. The maximum absolute atomic E-state index is 14.6. The monoisotopic (exact) mass is 530 g/mol. The number of anilines is 1. The molecule has 2 aliphatic heterocycles. The van der Waals surface area contributed by atoms with Crippen LogP contribution in [-0.4, -0.2) is 35.1 Å². The van der Waals surface area contributed by atoms with Crippen molar-refractivity contribution >= 4 is 58.0 Å². The highest BCUT2D eigenvalue weighted by molar-refractivity contribution is 7.80. The number of ether oxygens (including phenoxy) is 1. The maximum Gasteiger partial charge on any atom is 0.326 e. The van der Waals surface area contributed by atoms with E-state index in [0.29, 0.717) is 27.1 Å². The highest BCUT2D eigenvalue weighted by atomic mass is 35.5. The number of carbonyl (C=O) groups excluding carboxylic acids is 2. The number of fused-ring (bicyclic) bond motifs is 2. The minimum absolute atomic E-state index is 0.228. The largest absolute Gasteiger partial charge is 0.459 e. The molecule has 0 bridgehead atoms. The molecule has 1 spiro atoms. The molecule has 35 heavy (non-hydrogen) atoms. The molecule has 8 heteroatoms. The molecule has 2 aliphatic rings. The number of nitrogens with one attached hydrogen (secondary N) is 1. The molecule has 3 atom stereocenters. The Morgan fingerprint density at radius 3 is 2.54 bits per heavy atom. The Labute approximate surface area is 221 Å². The van der Waals surface area contributed by atoms with Crippen molar-refractivity contribution in [3.63, 3.8) is 0 Å². The SMILES string of the molecule is C=C(C)[C@@H]1NC(=S)C[C@@H](c2cccc(Cl)c2)[C@]12C(=O)N(CC(=O)OC(C)(C)C)c1cc(Cl)ccc12. The van der Waals surface area contributed by atoms with Crippen molar-refractivity contribution in [2.24, 2.45) is 0 Å². The topological polar surface area (TPSA) is 58.6 Å². The number of carbonyl (C=O) groups is 2. The number of hydrogen-bond acceptors (Lipinski definition) is 4. The second-order valence-corrected chi connectivity index (χ2v) is 11.5. The van der Waals surface area contributed by atoms with Crippen LogP contribution in [0.15, 0.2) is 54.6 Å². The number of thiocarbonyl (C=S) groups is 1. The minimum atomic E-state index is -1.11. The average molecular weight is 532 g/mol. The van der Waals surface area contributed by atoms with E-state index in [2.05, 4.69) is 11.9 Å². The van der Waals surface area contributed by atoms with Crippen LogP contribution in [0.2, 0.25) is 10.0 Å². The van der Waals surface area contributed by atoms with Gasteiger partial charge in [-0.15, -0.1) is 0 Å². The summed E-state index contributed by atoms with van der Waals surface area (Å²) in [7, 11) is 0. The molecule has 2 aromatic carbocycles. The van der Waals surface area contributed by atoms with Gasteiger partial charge in [0.05, 0.1) is 16.7 Å². The highest BCUT2D eigenvalue weighted by Gasteiger charge is 2.62. The van der Waals surface area contributed by atoms with Gasteiger partial charge in [-0.3, -0.25) is 14.5 Å². The van der Waals surface area contributed by atoms with E-state index in [-0.39, 0.29) is 18.4 Å². The van der Waals surface area contributed by atoms with Gasteiger partial charge in [0.15, 0.2) is 0 Å². The predicted molar refractivity (Wildman–Crippen MR) is 144 cm³/mol. The summed E-state index contributed by atoms with van der Waals surface area (Å²) in [5.74, 6) is -1.07. The number of esters is 1. The van der Waals surface area contributed by atoms with Crippen LogP contribution in [0.1, 0.15) is 51.2 Å². The van der Waals surface area contributed by atoms with Gasteiger partial charge in [-0.05, 0) is 63.1 Å². The van der Waals surface area contributed by atoms with E-state index in [4.69, 9.17) is 40.2 Å². The molecule has 2 aromatic rings. The van der Waals surface area contributed by atoms with Crippen molar-refractivity contribution in [3.8, 4) is 0 Å². The Bertz CT molecular complexity index is 1240. The molecule has 0 radical (unpaired) electrons. The number of benzene rings is 2. The third-order valence-electron chi connectivity index (χ3n) is 6.45. The molecule has 184 valence electrons. The molecule has 0 aliphatic carbocycles. The fourth-order valence-corrected chi connectivity index (χ4v) is 5.95. The smallest absolute Gasteiger partial charge is 0.326 e. The van der Waals surface area contributed by atoms with Crippen molar-refractivity contribution in [2.45, 2.75) is 57.1 Å². The number of halogens is 2. The molecule has 1 saturated heterocycles. The molecular weight excluding hydrogens is 503 g/mol. The molecule has 5 nitrogen and oxygen atoms in total. The van der Waals surface area contributed by atoms with Crippen LogP contribution in [0, 0.1) is 0 Å². The fraction of sp³-hybridized carbons (Fsp3) is 0.370. The van der Waals surface area contributed by atoms with Crippen LogP contribution in [0.25, 0.3) is 0 Å². The quantitative estimate of drug-likeness (QED) is 0.299. The van der Waals surface area contributed by atoms with Gasteiger partial charge in [0.25, 0.3) is 0 Å². The highest BCUT2D eigenvalue weighted by Crippen LogP contribution is 2.56. The van der Waals surface area contributed by atoms with Crippen molar-refractivity contribution in [1.82, 2.24) is 5.32 Å². The van der Waals surface area contributed by atoms with Crippen LogP contribution in [0.5, 0.6) is 0 Å². The Hall–Kier alpha value is -2.41. The van der Waals surface area contributed by atoms with Crippen LogP contribution >= 0.6 is 35.4 Å². The summed E-state index contributed by atoms with van der Waals surface area (Å²) in [6.45, 7) is 11.2. The standard InChI is InChI=1S/C27H28Cl2N2O3S/c1-15(2)24-27(20(13-22(35)30-24)16-7-6-8-17(28)11-16)19-10-9-18(29)12-21(19)31(25(27)33)14-23(32)34-26(3,4)5/h6-12,20,24H,1,13-14H2,2-5H3,(H,30,35)/t20-,24-,27-/m0/s1. The van der Waals surface area contributed by atoms with E-state index in [1.807, 2.05) is 31.2 Å². The molecular formula is C27H28Cl2N2O3S. The van der Waals surface area contributed by atoms with Crippen molar-refractivity contribution in [1.29, 1.82) is 0 Å². The molecule has 0 saturated carbocycles. The van der Waals surface area contributed by atoms with Gasteiger partial charge in [0.2, 0.25) is 5.91 Å². The third kappa shape index (κ3) is 4.59. The summed E-state index contributed by atoms with van der Waals surface area (Å²) in [5.41, 5.74) is 1.20. The maximum atomic E-state index is 14.6. The van der Waals surface area contributed by atoms with Gasteiger partial charge in [0.1, 0.15) is 17.6 Å². The summed E-state index contributed by atoms with van der Waals surface area (Å²) in [6, 6.07) is 12.4. The summed E-state index contributed by atoms with van der Waals surface area (Å²) < 4.78 is 5.55. The van der Waals surface area contributed by atoms with Gasteiger partial charge in [0, 0.05) is 22.4 Å². The van der Waals surface area contributed by atoms with E-state index >= 15 is 0 Å². The average Bonchev–Trinajstić information content (AvgIpc) is 2.96. The molecule has 1 fully saturated rings. The molecule has 1 amide bonds. The zero-order valence-electron chi connectivity index (χ0n) is 20.2. The number of amides is 1. The van der Waals surface area contributed by atoms with E-state index in [0.717, 1.165) is 16.7 Å². The fourth-order valence-electron chi connectivity index (χ4n) is 5.30. The lowest BCUT2D eigenvalue weighted by molar-refractivity contribution is -0.153. The lowest BCUT2D eigenvalue weighted by Crippen LogP contribution is -2.63. The lowest BCUT2D eigenvalue weighted by atomic mass is 9.59. The van der Waals surface area contributed by atoms with Crippen molar-refractivity contribution in [2.75, 3.05) is 11.4 Å². The lowest BCUT2D eigenvalue weighted by Gasteiger charge is -2.48. The van der Waals surface area contributed by atoms with Crippen molar-refractivity contribution < 1.29 is 14.3 Å². The van der Waals surface area contributed by atoms with Crippen LogP contribution in [0.4, 0.5) is 5.69 Å². The predicted octanol–water partition coefficient (Wildman–Crippen LogP) is 5.97. The van der Waals surface area contributed by atoms with Gasteiger partial charge in [-0.25, -0.2) is 0 Å². The van der Waals surface area contributed by atoms with E-state index in [1.165, 1.54) is 4.90 Å².